The van der Waals surface area contributed by atoms with Crippen LogP contribution in [0.25, 0.3) is 5.69 Å². The fourth-order valence-corrected chi connectivity index (χ4v) is 3.99. The summed E-state index contributed by atoms with van der Waals surface area (Å²) in [6.45, 7) is 2.95. The van der Waals surface area contributed by atoms with Gasteiger partial charge in [0.15, 0.2) is 11.5 Å². The van der Waals surface area contributed by atoms with Crippen molar-refractivity contribution in [1.82, 2.24) is 9.55 Å². The van der Waals surface area contributed by atoms with Crippen molar-refractivity contribution in [2.24, 2.45) is 5.92 Å². The van der Waals surface area contributed by atoms with Crippen molar-refractivity contribution in [2.75, 3.05) is 30.0 Å². The first kappa shape index (κ1) is 20.0. The highest BCUT2D eigenvalue weighted by molar-refractivity contribution is 6.03. The Morgan fingerprint density at radius 3 is 2.72 bits per heavy atom. The van der Waals surface area contributed by atoms with Gasteiger partial charge in [0, 0.05) is 42.8 Å². The standard InChI is InChI=1S/C23H21FN4O4/c1-14-25-6-7-27(14)19-4-2-16(11-18(19)24)26-23(30)15-10-22(29)28(13-15)17-3-5-20-21(12-17)32-9-8-31-20/h2-7,11-12,15H,8-10,13H2,1H3,(H,26,30). The SMILES string of the molecule is Cc1nccn1-c1ccc(NC(=O)C2CC(=O)N(c3ccc4c(c3)OCCO4)C2)cc1F. The van der Waals surface area contributed by atoms with Gasteiger partial charge in [-0.05, 0) is 37.3 Å². The van der Waals surface area contributed by atoms with Crippen LogP contribution in [-0.2, 0) is 9.59 Å². The molecule has 1 atom stereocenters. The highest BCUT2D eigenvalue weighted by Gasteiger charge is 2.35. The van der Waals surface area contributed by atoms with Gasteiger partial charge in [0.2, 0.25) is 11.8 Å². The van der Waals surface area contributed by atoms with E-state index in [2.05, 4.69) is 10.3 Å². The number of halogens is 1. The Morgan fingerprint density at radius 2 is 1.97 bits per heavy atom. The third kappa shape index (κ3) is 3.66. The first-order valence-electron chi connectivity index (χ1n) is 10.3. The number of aryl methyl sites for hydroxylation is 1. The van der Waals surface area contributed by atoms with E-state index >= 15 is 0 Å². The van der Waals surface area contributed by atoms with Crippen LogP contribution >= 0.6 is 0 Å². The molecule has 164 valence electrons. The molecule has 2 aliphatic heterocycles. The van der Waals surface area contributed by atoms with Crippen molar-refractivity contribution < 1.29 is 23.5 Å². The van der Waals surface area contributed by atoms with E-state index in [-0.39, 0.29) is 24.8 Å². The minimum Gasteiger partial charge on any atom is -0.486 e. The molecule has 0 aliphatic carbocycles. The van der Waals surface area contributed by atoms with Crippen LogP contribution in [-0.4, -0.2) is 41.1 Å². The molecule has 5 rings (SSSR count). The van der Waals surface area contributed by atoms with Crippen molar-refractivity contribution in [3.05, 3.63) is 60.4 Å². The van der Waals surface area contributed by atoms with Crippen molar-refractivity contribution in [2.45, 2.75) is 13.3 Å². The smallest absolute Gasteiger partial charge is 0.229 e. The lowest BCUT2D eigenvalue weighted by Gasteiger charge is -2.22. The second-order valence-electron chi connectivity index (χ2n) is 7.73. The minimum absolute atomic E-state index is 0.0784. The maximum absolute atomic E-state index is 14.6. The van der Waals surface area contributed by atoms with Crippen LogP contribution in [0.1, 0.15) is 12.2 Å². The lowest BCUT2D eigenvalue weighted by atomic mass is 10.1. The minimum atomic E-state index is -0.547. The molecular formula is C23H21FN4O4. The fraction of sp³-hybridized carbons (Fsp3) is 0.261. The van der Waals surface area contributed by atoms with E-state index in [0.717, 1.165) is 0 Å². The number of amides is 2. The summed E-state index contributed by atoms with van der Waals surface area (Å²) in [7, 11) is 0. The van der Waals surface area contributed by atoms with Gasteiger partial charge in [-0.3, -0.25) is 9.59 Å². The van der Waals surface area contributed by atoms with E-state index in [1.165, 1.54) is 6.07 Å². The van der Waals surface area contributed by atoms with E-state index in [1.807, 2.05) is 0 Å². The number of anilines is 2. The molecule has 32 heavy (non-hydrogen) atoms. The van der Waals surface area contributed by atoms with E-state index in [1.54, 1.807) is 59.1 Å². The molecule has 0 saturated carbocycles. The van der Waals surface area contributed by atoms with Crippen LogP contribution in [0.3, 0.4) is 0 Å². The van der Waals surface area contributed by atoms with Crippen LogP contribution in [0.4, 0.5) is 15.8 Å². The van der Waals surface area contributed by atoms with Gasteiger partial charge in [-0.1, -0.05) is 0 Å². The van der Waals surface area contributed by atoms with Gasteiger partial charge >= 0.3 is 0 Å². The van der Waals surface area contributed by atoms with E-state index in [4.69, 9.17) is 9.47 Å². The molecule has 1 fully saturated rings. The molecule has 1 saturated heterocycles. The number of benzene rings is 2. The fourth-order valence-electron chi connectivity index (χ4n) is 3.99. The van der Waals surface area contributed by atoms with Crippen LogP contribution < -0.4 is 19.7 Å². The quantitative estimate of drug-likeness (QED) is 0.679. The Morgan fingerprint density at radius 1 is 1.16 bits per heavy atom. The van der Waals surface area contributed by atoms with E-state index in [0.29, 0.717) is 47.6 Å². The van der Waals surface area contributed by atoms with Crippen LogP contribution in [0, 0.1) is 18.7 Å². The van der Waals surface area contributed by atoms with Gasteiger partial charge in [0.25, 0.3) is 0 Å². The Kier molecular flexibility index (Phi) is 5.01. The predicted molar refractivity (Wildman–Crippen MR) is 115 cm³/mol. The second-order valence-corrected chi connectivity index (χ2v) is 7.73. The first-order valence-corrected chi connectivity index (χ1v) is 10.3. The molecule has 1 aromatic heterocycles. The molecule has 0 spiro atoms. The molecule has 2 aromatic carbocycles. The predicted octanol–water partition coefficient (Wildman–Crippen LogP) is 3.08. The summed E-state index contributed by atoms with van der Waals surface area (Å²) < 4.78 is 27.3. The molecule has 0 bridgehead atoms. The summed E-state index contributed by atoms with van der Waals surface area (Å²) in [5.41, 5.74) is 1.33. The average molecular weight is 436 g/mol. The second kappa shape index (κ2) is 7.99. The number of hydrogen-bond acceptors (Lipinski definition) is 5. The lowest BCUT2D eigenvalue weighted by Crippen LogP contribution is -2.28. The molecule has 2 amide bonds. The highest BCUT2D eigenvalue weighted by atomic mass is 19.1. The van der Waals surface area contributed by atoms with Gasteiger partial charge in [-0.15, -0.1) is 0 Å². The Bertz CT molecular complexity index is 1210. The van der Waals surface area contributed by atoms with E-state index in [9.17, 15) is 14.0 Å². The molecule has 3 aromatic rings. The van der Waals surface area contributed by atoms with Gasteiger partial charge in [-0.2, -0.15) is 0 Å². The lowest BCUT2D eigenvalue weighted by molar-refractivity contribution is -0.122. The molecular weight excluding hydrogens is 415 g/mol. The highest BCUT2D eigenvalue weighted by Crippen LogP contribution is 2.36. The third-order valence-corrected chi connectivity index (χ3v) is 5.63. The number of aromatic nitrogens is 2. The zero-order valence-corrected chi connectivity index (χ0v) is 17.4. The van der Waals surface area contributed by atoms with Crippen molar-refractivity contribution in [3.8, 4) is 17.2 Å². The largest absolute Gasteiger partial charge is 0.486 e. The van der Waals surface area contributed by atoms with Crippen molar-refractivity contribution >= 4 is 23.2 Å². The van der Waals surface area contributed by atoms with Crippen molar-refractivity contribution in [1.29, 1.82) is 0 Å². The van der Waals surface area contributed by atoms with Crippen LogP contribution in [0.5, 0.6) is 11.5 Å². The Balaban J connectivity index is 1.28. The summed E-state index contributed by atoms with van der Waals surface area (Å²) in [5.74, 6) is 0.363. The summed E-state index contributed by atoms with van der Waals surface area (Å²) in [4.78, 5) is 31.0. The molecule has 9 heteroatoms. The van der Waals surface area contributed by atoms with E-state index < -0.39 is 11.7 Å². The third-order valence-electron chi connectivity index (χ3n) is 5.63. The van der Waals surface area contributed by atoms with Gasteiger partial charge in [0.1, 0.15) is 24.9 Å². The normalized spacial score (nSPS) is 17.5. The maximum atomic E-state index is 14.6. The average Bonchev–Trinajstić information content (AvgIpc) is 3.39. The molecule has 3 heterocycles. The first-order chi connectivity index (χ1) is 15.5. The number of ether oxygens (including phenoxy) is 2. The number of carbonyl (C=O) groups is 2. The molecule has 8 nitrogen and oxygen atoms in total. The molecule has 1 unspecified atom stereocenters. The summed E-state index contributed by atoms with van der Waals surface area (Å²) in [6, 6.07) is 9.77. The maximum Gasteiger partial charge on any atom is 0.229 e. The van der Waals surface area contributed by atoms with Crippen LogP contribution in [0.2, 0.25) is 0 Å². The zero-order chi connectivity index (χ0) is 22.2. The molecule has 1 N–H and O–H groups in total. The zero-order valence-electron chi connectivity index (χ0n) is 17.4. The number of nitrogens with zero attached hydrogens (tertiary/aromatic N) is 3. The van der Waals surface area contributed by atoms with Gasteiger partial charge in [0.05, 0.1) is 11.6 Å². The Hall–Kier alpha value is -3.88. The number of nitrogens with one attached hydrogen (secondary N) is 1. The monoisotopic (exact) mass is 436 g/mol. The van der Waals surface area contributed by atoms with Crippen LogP contribution in [0.15, 0.2) is 48.8 Å². The molecule has 2 aliphatic rings. The van der Waals surface area contributed by atoms with Gasteiger partial charge < -0.3 is 24.3 Å². The Labute approximate surface area is 183 Å². The topological polar surface area (TPSA) is 85.7 Å². The molecule has 0 radical (unpaired) electrons. The number of carbonyl (C=O) groups excluding carboxylic acids is 2. The van der Waals surface area contributed by atoms with Crippen molar-refractivity contribution in [3.63, 3.8) is 0 Å². The number of imidazole rings is 1. The van der Waals surface area contributed by atoms with Gasteiger partial charge in [-0.25, -0.2) is 9.37 Å². The number of rotatable bonds is 4. The number of hydrogen-bond donors (Lipinski definition) is 1. The summed E-state index contributed by atoms with van der Waals surface area (Å²) in [6.07, 6.45) is 3.34. The summed E-state index contributed by atoms with van der Waals surface area (Å²) in [5, 5.41) is 2.73. The summed E-state index contributed by atoms with van der Waals surface area (Å²) >= 11 is 0. The number of fused-ring (bicyclic) bond motifs is 1.